The van der Waals surface area contributed by atoms with Crippen LogP contribution in [-0.4, -0.2) is 24.4 Å². The smallest absolute Gasteiger partial charge is 0.341 e. The number of rotatable bonds is 6. The highest BCUT2D eigenvalue weighted by atomic mass is 35.5. The van der Waals surface area contributed by atoms with Gasteiger partial charge in [-0.1, -0.05) is 37.3 Å². The van der Waals surface area contributed by atoms with Crippen LogP contribution in [0.5, 0.6) is 0 Å². The number of carbonyl (C=O) groups is 2. The van der Waals surface area contributed by atoms with Crippen molar-refractivity contribution in [2.75, 3.05) is 17.8 Å². The molecule has 1 amide bonds. The van der Waals surface area contributed by atoms with Gasteiger partial charge in [0.15, 0.2) is 0 Å². The standard InChI is InChI=1S/C17H18ClNO3S/c1-3-12-14(11-8-6-5-7-9-11)15(17(21)22-4-2)16(23-12)19-13(20)10-18/h5-9H,3-4,10H2,1-2H3,(H,19,20). The number of hydrogen-bond donors (Lipinski definition) is 1. The van der Waals surface area contributed by atoms with Crippen molar-refractivity contribution in [3.05, 3.63) is 40.8 Å². The lowest BCUT2D eigenvalue weighted by Gasteiger charge is -2.09. The number of thiophene rings is 1. The lowest BCUT2D eigenvalue weighted by atomic mass is 10.00. The van der Waals surface area contributed by atoms with E-state index in [1.165, 1.54) is 11.3 Å². The molecule has 0 aliphatic carbocycles. The molecule has 2 aromatic rings. The maximum absolute atomic E-state index is 12.5. The molecule has 122 valence electrons. The lowest BCUT2D eigenvalue weighted by Crippen LogP contribution is -2.15. The van der Waals surface area contributed by atoms with Crippen molar-refractivity contribution in [3.63, 3.8) is 0 Å². The molecule has 1 aromatic heterocycles. The van der Waals surface area contributed by atoms with E-state index >= 15 is 0 Å². The van der Waals surface area contributed by atoms with Crippen molar-refractivity contribution in [2.45, 2.75) is 20.3 Å². The Hall–Kier alpha value is -1.85. The van der Waals surface area contributed by atoms with Crippen LogP contribution >= 0.6 is 22.9 Å². The monoisotopic (exact) mass is 351 g/mol. The van der Waals surface area contributed by atoms with Crippen LogP contribution in [0.4, 0.5) is 5.00 Å². The molecule has 23 heavy (non-hydrogen) atoms. The molecule has 0 aliphatic heterocycles. The number of anilines is 1. The van der Waals surface area contributed by atoms with E-state index < -0.39 is 5.97 Å². The van der Waals surface area contributed by atoms with E-state index in [9.17, 15) is 9.59 Å². The molecule has 0 spiro atoms. The maximum atomic E-state index is 12.5. The molecule has 4 nitrogen and oxygen atoms in total. The molecular weight excluding hydrogens is 334 g/mol. The quantitative estimate of drug-likeness (QED) is 0.622. The Labute approximate surface area is 144 Å². The zero-order valence-electron chi connectivity index (χ0n) is 13.0. The van der Waals surface area contributed by atoms with E-state index in [-0.39, 0.29) is 18.4 Å². The fourth-order valence-electron chi connectivity index (χ4n) is 2.28. The minimum atomic E-state index is -0.438. The van der Waals surface area contributed by atoms with Crippen LogP contribution in [0.25, 0.3) is 11.1 Å². The second kappa shape index (κ2) is 8.13. The van der Waals surface area contributed by atoms with Gasteiger partial charge in [-0.15, -0.1) is 22.9 Å². The van der Waals surface area contributed by atoms with Crippen LogP contribution in [-0.2, 0) is 16.0 Å². The summed E-state index contributed by atoms with van der Waals surface area (Å²) in [4.78, 5) is 25.1. The number of hydrogen-bond acceptors (Lipinski definition) is 4. The Bertz CT molecular complexity index is 697. The van der Waals surface area contributed by atoms with E-state index in [1.54, 1.807) is 6.92 Å². The van der Waals surface area contributed by atoms with Crippen molar-refractivity contribution in [1.29, 1.82) is 0 Å². The van der Waals surface area contributed by atoms with E-state index in [2.05, 4.69) is 5.32 Å². The van der Waals surface area contributed by atoms with Crippen molar-refractivity contribution in [3.8, 4) is 11.1 Å². The highest BCUT2D eigenvalue weighted by Crippen LogP contribution is 2.41. The first kappa shape index (κ1) is 17.5. The molecule has 0 fully saturated rings. The van der Waals surface area contributed by atoms with E-state index in [1.807, 2.05) is 37.3 Å². The van der Waals surface area contributed by atoms with Crippen molar-refractivity contribution >= 4 is 39.8 Å². The van der Waals surface area contributed by atoms with E-state index in [4.69, 9.17) is 16.3 Å². The zero-order chi connectivity index (χ0) is 16.8. The SMILES string of the molecule is CCOC(=O)c1c(NC(=O)CCl)sc(CC)c1-c1ccccc1. The summed E-state index contributed by atoms with van der Waals surface area (Å²) in [6.45, 7) is 4.04. The van der Waals surface area contributed by atoms with Crippen molar-refractivity contribution in [2.24, 2.45) is 0 Å². The average molecular weight is 352 g/mol. The predicted octanol–water partition coefficient (Wildman–Crippen LogP) is 4.33. The number of benzene rings is 1. The molecule has 0 unspecified atom stereocenters. The molecule has 2 rings (SSSR count). The molecule has 6 heteroatoms. The zero-order valence-corrected chi connectivity index (χ0v) is 14.6. The molecule has 1 heterocycles. The summed E-state index contributed by atoms with van der Waals surface area (Å²) in [5.41, 5.74) is 2.15. The first-order valence-corrected chi connectivity index (χ1v) is 8.71. The van der Waals surface area contributed by atoms with Gasteiger partial charge < -0.3 is 10.1 Å². The van der Waals surface area contributed by atoms with Gasteiger partial charge in [0.25, 0.3) is 0 Å². The van der Waals surface area contributed by atoms with Crippen molar-refractivity contribution in [1.82, 2.24) is 0 Å². The lowest BCUT2D eigenvalue weighted by molar-refractivity contribution is -0.113. The van der Waals surface area contributed by atoms with Crippen LogP contribution in [0.1, 0.15) is 29.1 Å². The fourth-order valence-corrected chi connectivity index (χ4v) is 3.52. The second-order valence-electron chi connectivity index (χ2n) is 4.73. The van der Waals surface area contributed by atoms with Crippen LogP contribution in [0.15, 0.2) is 30.3 Å². The average Bonchev–Trinajstić information content (AvgIpc) is 2.94. The minimum absolute atomic E-state index is 0.164. The number of aryl methyl sites for hydroxylation is 1. The van der Waals surface area contributed by atoms with Crippen LogP contribution in [0.2, 0.25) is 0 Å². The number of esters is 1. The molecule has 1 aromatic carbocycles. The Balaban J connectivity index is 2.62. The van der Waals surface area contributed by atoms with Gasteiger partial charge in [-0.05, 0) is 18.9 Å². The second-order valence-corrected chi connectivity index (χ2v) is 6.10. The molecule has 1 N–H and O–H groups in total. The molecule has 0 saturated carbocycles. The number of alkyl halides is 1. The predicted molar refractivity (Wildman–Crippen MR) is 94.4 cm³/mol. The number of carbonyl (C=O) groups excluding carboxylic acids is 2. The van der Waals surface area contributed by atoms with Gasteiger partial charge in [-0.25, -0.2) is 4.79 Å². The maximum Gasteiger partial charge on any atom is 0.341 e. The topological polar surface area (TPSA) is 55.4 Å². The highest BCUT2D eigenvalue weighted by Gasteiger charge is 2.26. The normalized spacial score (nSPS) is 10.4. The summed E-state index contributed by atoms with van der Waals surface area (Å²) in [6, 6.07) is 9.63. The molecule has 0 aliphatic rings. The number of amides is 1. The summed E-state index contributed by atoms with van der Waals surface area (Å²) in [5, 5.41) is 3.20. The van der Waals surface area contributed by atoms with Gasteiger partial charge in [0.05, 0.1) is 6.61 Å². The Morgan fingerprint density at radius 3 is 2.48 bits per heavy atom. The molecule has 0 radical (unpaired) electrons. The largest absolute Gasteiger partial charge is 0.462 e. The summed E-state index contributed by atoms with van der Waals surface area (Å²) in [7, 11) is 0. The molecule has 0 saturated heterocycles. The number of nitrogens with one attached hydrogen (secondary N) is 1. The first-order valence-electron chi connectivity index (χ1n) is 7.36. The molecule has 0 atom stereocenters. The number of ether oxygens (including phenoxy) is 1. The third-order valence-electron chi connectivity index (χ3n) is 3.22. The van der Waals surface area contributed by atoms with Crippen LogP contribution in [0.3, 0.4) is 0 Å². The van der Waals surface area contributed by atoms with Gasteiger partial charge in [-0.2, -0.15) is 0 Å². The highest BCUT2D eigenvalue weighted by molar-refractivity contribution is 7.17. The van der Waals surface area contributed by atoms with Crippen LogP contribution < -0.4 is 5.32 Å². The van der Waals surface area contributed by atoms with Gasteiger partial charge >= 0.3 is 5.97 Å². The number of halogens is 1. The Morgan fingerprint density at radius 1 is 1.22 bits per heavy atom. The third-order valence-corrected chi connectivity index (χ3v) is 4.71. The van der Waals surface area contributed by atoms with Gasteiger partial charge in [0.1, 0.15) is 16.4 Å². The van der Waals surface area contributed by atoms with Crippen LogP contribution in [0, 0.1) is 0 Å². The summed E-state index contributed by atoms with van der Waals surface area (Å²) in [6.07, 6.45) is 0.748. The summed E-state index contributed by atoms with van der Waals surface area (Å²) < 4.78 is 5.19. The fraction of sp³-hybridized carbons (Fsp3) is 0.294. The minimum Gasteiger partial charge on any atom is -0.462 e. The summed E-state index contributed by atoms with van der Waals surface area (Å²) in [5.74, 6) is -0.949. The third kappa shape index (κ3) is 3.92. The Kier molecular flexibility index (Phi) is 6.19. The van der Waals surface area contributed by atoms with Gasteiger partial charge in [-0.3, -0.25) is 4.79 Å². The van der Waals surface area contributed by atoms with Gasteiger partial charge in [0.2, 0.25) is 5.91 Å². The Morgan fingerprint density at radius 2 is 1.91 bits per heavy atom. The van der Waals surface area contributed by atoms with Crippen molar-refractivity contribution < 1.29 is 14.3 Å². The van der Waals surface area contributed by atoms with Gasteiger partial charge in [0, 0.05) is 10.4 Å². The molecule has 0 bridgehead atoms. The van der Waals surface area contributed by atoms with E-state index in [0.29, 0.717) is 10.6 Å². The summed E-state index contributed by atoms with van der Waals surface area (Å²) >= 11 is 6.96. The first-order chi connectivity index (χ1) is 11.1. The van der Waals surface area contributed by atoms with E-state index in [0.717, 1.165) is 22.4 Å². The molecular formula is C17H18ClNO3S.